The second-order valence-electron chi connectivity index (χ2n) is 5.01. The highest BCUT2D eigenvalue weighted by molar-refractivity contribution is 5.20. The van der Waals surface area contributed by atoms with Crippen LogP contribution in [0.2, 0.25) is 0 Å². The predicted molar refractivity (Wildman–Crippen MR) is 60.3 cm³/mol. The van der Waals surface area contributed by atoms with Crippen molar-refractivity contribution < 1.29 is 5.11 Å². The van der Waals surface area contributed by atoms with Crippen molar-refractivity contribution in [1.82, 2.24) is 0 Å². The summed E-state index contributed by atoms with van der Waals surface area (Å²) in [5.41, 5.74) is 1.14. The maximum atomic E-state index is 10.1. The Morgan fingerprint density at radius 3 is 2.00 bits per heavy atom. The average Bonchev–Trinajstić information content (AvgIpc) is 2.15. The smallest absolute Gasteiger partial charge is 0.0654 e. The van der Waals surface area contributed by atoms with Crippen LogP contribution in [0.3, 0.4) is 0 Å². The van der Waals surface area contributed by atoms with E-state index in [0.717, 1.165) is 0 Å². The zero-order valence-corrected chi connectivity index (χ0v) is 9.49. The van der Waals surface area contributed by atoms with Crippen LogP contribution in [0.15, 0.2) is 30.3 Å². The molecule has 0 radical (unpaired) electrons. The molecule has 14 heavy (non-hydrogen) atoms. The van der Waals surface area contributed by atoms with E-state index in [9.17, 15) is 5.11 Å². The normalized spacial score (nSPS) is 16.4. The zero-order chi connectivity index (χ0) is 10.8. The Hall–Kier alpha value is -0.820. The van der Waals surface area contributed by atoms with E-state index in [0.29, 0.717) is 0 Å². The lowest BCUT2D eigenvalue weighted by Gasteiger charge is -2.31. The van der Waals surface area contributed by atoms with Gasteiger partial charge in [-0.3, -0.25) is 0 Å². The molecule has 0 saturated heterocycles. The van der Waals surface area contributed by atoms with E-state index < -0.39 is 0 Å². The molecule has 78 valence electrons. The molecule has 2 atom stereocenters. The number of rotatable bonds is 2. The summed E-state index contributed by atoms with van der Waals surface area (Å²) in [5.74, 6) is 0.191. The fourth-order valence-corrected chi connectivity index (χ4v) is 1.69. The maximum Gasteiger partial charge on any atom is 0.0654 e. The molecule has 0 aliphatic carbocycles. The molecule has 0 heterocycles. The molecule has 0 aliphatic rings. The molecule has 1 N–H and O–H groups in total. The topological polar surface area (TPSA) is 20.2 Å². The fraction of sp³-hybridized carbons (Fsp3) is 0.538. The highest BCUT2D eigenvalue weighted by atomic mass is 16.3. The van der Waals surface area contributed by atoms with Crippen molar-refractivity contribution in [3.63, 3.8) is 0 Å². The van der Waals surface area contributed by atoms with Crippen molar-refractivity contribution in [3.05, 3.63) is 35.9 Å². The number of aliphatic hydroxyl groups is 1. The molecule has 1 heteroatoms. The second-order valence-corrected chi connectivity index (χ2v) is 5.01. The predicted octanol–water partition coefficient (Wildman–Crippen LogP) is 3.20. The van der Waals surface area contributed by atoms with Crippen LogP contribution in [0, 0.1) is 5.41 Å². The molecular formula is C13H20O. The minimum absolute atomic E-state index is 0.0603. The van der Waals surface area contributed by atoms with Crippen LogP contribution >= 0.6 is 0 Å². The van der Waals surface area contributed by atoms with Gasteiger partial charge in [-0.15, -0.1) is 0 Å². The standard InChI is InChI=1S/C13H20O/c1-10(12(14)13(2,3)4)11-8-6-5-7-9-11/h5-10,12,14H,1-4H3/t10-,12?/m0/s1. The fourth-order valence-electron chi connectivity index (χ4n) is 1.69. The largest absolute Gasteiger partial charge is 0.392 e. The summed E-state index contributed by atoms with van der Waals surface area (Å²) in [5, 5.41) is 10.1. The third-order valence-electron chi connectivity index (χ3n) is 2.69. The van der Waals surface area contributed by atoms with E-state index in [1.165, 1.54) is 5.56 Å². The molecule has 0 aromatic heterocycles. The lowest BCUT2D eigenvalue weighted by molar-refractivity contribution is 0.0434. The monoisotopic (exact) mass is 192 g/mol. The maximum absolute atomic E-state index is 10.1. The zero-order valence-electron chi connectivity index (χ0n) is 9.49. The second kappa shape index (κ2) is 4.14. The first-order valence-electron chi connectivity index (χ1n) is 5.16. The quantitative estimate of drug-likeness (QED) is 0.763. The van der Waals surface area contributed by atoms with Gasteiger partial charge < -0.3 is 5.11 Å². The summed E-state index contributed by atoms with van der Waals surface area (Å²) < 4.78 is 0. The summed E-state index contributed by atoms with van der Waals surface area (Å²) in [7, 11) is 0. The Labute approximate surface area is 86.8 Å². The third kappa shape index (κ3) is 2.58. The SMILES string of the molecule is C[C@@H](c1ccccc1)C(O)C(C)(C)C. The van der Waals surface area contributed by atoms with Crippen LogP contribution in [0.4, 0.5) is 0 Å². The molecule has 1 aromatic carbocycles. The highest BCUT2D eigenvalue weighted by Gasteiger charge is 2.28. The number of aliphatic hydroxyl groups excluding tert-OH is 1. The van der Waals surface area contributed by atoms with Crippen molar-refractivity contribution in [1.29, 1.82) is 0 Å². The first-order chi connectivity index (χ1) is 6.43. The molecular weight excluding hydrogens is 172 g/mol. The Kier molecular flexibility index (Phi) is 3.33. The van der Waals surface area contributed by atoms with E-state index in [-0.39, 0.29) is 17.4 Å². The average molecular weight is 192 g/mol. The molecule has 0 saturated carbocycles. The lowest BCUT2D eigenvalue weighted by atomic mass is 9.79. The summed E-state index contributed by atoms with van der Waals surface area (Å²) in [6.07, 6.45) is -0.301. The van der Waals surface area contributed by atoms with Gasteiger partial charge in [-0.1, -0.05) is 58.0 Å². The van der Waals surface area contributed by atoms with Gasteiger partial charge in [0.05, 0.1) is 6.10 Å². The van der Waals surface area contributed by atoms with E-state index in [4.69, 9.17) is 0 Å². The summed E-state index contributed by atoms with van der Waals surface area (Å²) in [6.45, 7) is 8.27. The molecule has 0 fully saturated rings. The molecule has 1 unspecified atom stereocenters. The summed E-state index contributed by atoms with van der Waals surface area (Å²) >= 11 is 0. The molecule has 0 aliphatic heterocycles. The Morgan fingerprint density at radius 1 is 1.07 bits per heavy atom. The Bertz CT molecular complexity index is 271. The first kappa shape index (κ1) is 11.3. The van der Waals surface area contributed by atoms with Crippen LogP contribution in [0.25, 0.3) is 0 Å². The van der Waals surface area contributed by atoms with Crippen LogP contribution in [0.1, 0.15) is 39.2 Å². The first-order valence-corrected chi connectivity index (χ1v) is 5.16. The number of hydrogen-bond donors (Lipinski definition) is 1. The molecule has 0 amide bonds. The van der Waals surface area contributed by atoms with Gasteiger partial charge in [-0.05, 0) is 11.0 Å². The van der Waals surface area contributed by atoms with Gasteiger partial charge in [-0.25, -0.2) is 0 Å². The van der Waals surface area contributed by atoms with Crippen molar-refractivity contribution in [3.8, 4) is 0 Å². The molecule has 1 aromatic rings. The minimum Gasteiger partial charge on any atom is -0.392 e. The van der Waals surface area contributed by atoms with Gasteiger partial charge in [0.1, 0.15) is 0 Å². The molecule has 0 bridgehead atoms. The lowest BCUT2D eigenvalue weighted by Crippen LogP contribution is -2.31. The molecule has 1 nitrogen and oxygen atoms in total. The van der Waals surface area contributed by atoms with Crippen molar-refractivity contribution >= 4 is 0 Å². The van der Waals surface area contributed by atoms with Gasteiger partial charge in [0, 0.05) is 5.92 Å². The van der Waals surface area contributed by atoms with Crippen LogP contribution in [-0.2, 0) is 0 Å². The summed E-state index contributed by atoms with van der Waals surface area (Å²) in [4.78, 5) is 0. The van der Waals surface area contributed by atoms with Gasteiger partial charge in [-0.2, -0.15) is 0 Å². The summed E-state index contributed by atoms with van der Waals surface area (Å²) in [6, 6.07) is 10.2. The molecule has 1 rings (SSSR count). The van der Waals surface area contributed by atoms with E-state index >= 15 is 0 Å². The van der Waals surface area contributed by atoms with Gasteiger partial charge in [0.25, 0.3) is 0 Å². The number of benzene rings is 1. The van der Waals surface area contributed by atoms with E-state index in [1.807, 2.05) is 18.2 Å². The van der Waals surface area contributed by atoms with Crippen molar-refractivity contribution in [2.75, 3.05) is 0 Å². The van der Waals surface area contributed by atoms with E-state index in [2.05, 4.69) is 39.8 Å². The van der Waals surface area contributed by atoms with Crippen molar-refractivity contribution in [2.24, 2.45) is 5.41 Å². The van der Waals surface area contributed by atoms with Crippen LogP contribution in [0.5, 0.6) is 0 Å². The van der Waals surface area contributed by atoms with Gasteiger partial charge >= 0.3 is 0 Å². The van der Waals surface area contributed by atoms with Crippen LogP contribution in [-0.4, -0.2) is 11.2 Å². The number of hydrogen-bond acceptors (Lipinski definition) is 1. The minimum atomic E-state index is -0.301. The van der Waals surface area contributed by atoms with Crippen molar-refractivity contribution in [2.45, 2.75) is 39.7 Å². The van der Waals surface area contributed by atoms with E-state index in [1.54, 1.807) is 0 Å². The third-order valence-corrected chi connectivity index (χ3v) is 2.69. The van der Waals surface area contributed by atoms with Gasteiger partial charge in [0.15, 0.2) is 0 Å². The van der Waals surface area contributed by atoms with Crippen LogP contribution < -0.4 is 0 Å². The van der Waals surface area contributed by atoms with Gasteiger partial charge in [0.2, 0.25) is 0 Å². The Morgan fingerprint density at radius 2 is 1.57 bits per heavy atom. The highest BCUT2D eigenvalue weighted by Crippen LogP contribution is 2.31. The Balaban J connectivity index is 2.81. The molecule has 0 spiro atoms.